The highest BCUT2D eigenvalue weighted by atomic mass is 79.9. The standard InChI is InChI=1S/C13H12BrNO2S/c14-12-6-5-11(18-12)13(17)15-7-9-3-1-2-4-10(9)8-16/h1-6,16H,7-8H2,(H,15,17). The number of nitrogens with one attached hydrogen (secondary N) is 1. The number of carbonyl (C=O) groups excluding carboxylic acids is 1. The van der Waals surface area contributed by atoms with Gasteiger partial charge in [-0.2, -0.15) is 0 Å². The molecule has 0 saturated carbocycles. The van der Waals surface area contributed by atoms with Crippen LogP contribution in [0.4, 0.5) is 0 Å². The Morgan fingerprint density at radius 3 is 2.56 bits per heavy atom. The van der Waals surface area contributed by atoms with Crippen molar-refractivity contribution in [2.24, 2.45) is 0 Å². The Kier molecular flexibility index (Phi) is 4.52. The molecular formula is C13H12BrNO2S. The molecule has 0 saturated heterocycles. The molecule has 0 fully saturated rings. The zero-order valence-electron chi connectivity index (χ0n) is 9.52. The number of rotatable bonds is 4. The summed E-state index contributed by atoms with van der Waals surface area (Å²) in [5.74, 6) is -0.0987. The van der Waals surface area contributed by atoms with Gasteiger partial charge in [0.25, 0.3) is 5.91 Å². The van der Waals surface area contributed by atoms with E-state index in [2.05, 4.69) is 21.2 Å². The fraction of sp³-hybridized carbons (Fsp3) is 0.154. The number of hydrogen-bond acceptors (Lipinski definition) is 3. The SMILES string of the molecule is O=C(NCc1ccccc1CO)c1ccc(Br)s1. The quantitative estimate of drug-likeness (QED) is 0.908. The van der Waals surface area contributed by atoms with E-state index in [0.717, 1.165) is 14.9 Å². The van der Waals surface area contributed by atoms with Crippen molar-refractivity contribution in [2.75, 3.05) is 0 Å². The van der Waals surface area contributed by atoms with E-state index in [1.807, 2.05) is 30.3 Å². The molecular weight excluding hydrogens is 314 g/mol. The second kappa shape index (κ2) is 6.13. The molecule has 2 N–H and O–H groups in total. The maximum atomic E-state index is 11.8. The average molecular weight is 326 g/mol. The van der Waals surface area contributed by atoms with Crippen LogP contribution in [0.2, 0.25) is 0 Å². The number of benzene rings is 1. The van der Waals surface area contributed by atoms with Gasteiger partial charge in [0.15, 0.2) is 0 Å². The van der Waals surface area contributed by atoms with Gasteiger partial charge in [-0.1, -0.05) is 24.3 Å². The lowest BCUT2D eigenvalue weighted by Crippen LogP contribution is -2.22. The van der Waals surface area contributed by atoms with Gasteiger partial charge in [0.2, 0.25) is 0 Å². The summed E-state index contributed by atoms with van der Waals surface area (Å²) >= 11 is 4.72. The Balaban J connectivity index is 2.01. The fourth-order valence-electron chi connectivity index (χ4n) is 1.58. The minimum atomic E-state index is -0.0987. The lowest BCUT2D eigenvalue weighted by molar-refractivity contribution is 0.0954. The summed E-state index contributed by atoms with van der Waals surface area (Å²) in [6.45, 7) is 0.404. The molecule has 0 aliphatic rings. The molecule has 0 bridgehead atoms. The van der Waals surface area contributed by atoms with Crippen molar-refractivity contribution in [2.45, 2.75) is 13.2 Å². The van der Waals surface area contributed by atoms with E-state index >= 15 is 0 Å². The summed E-state index contributed by atoms with van der Waals surface area (Å²) in [6, 6.07) is 11.1. The largest absolute Gasteiger partial charge is 0.392 e. The van der Waals surface area contributed by atoms with E-state index in [1.165, 1.54) is 11.3 Å². The van der Waals surface area contributed by atoms with Crippen molar-refractivity contribution in [3.63, 3.8) is 0 Å². The third-order valence-electron chi connectivity index (χ3n) is 2.53. The zero-order chi connectivity index (χ0) is 13.0. The molecule has 1 aromatic heterocycles. The summed E-state index contributed by atoms with van der Waals surface area (Å²) in [5, 5.41) is 12.0. The predicted octanol–water partition coefficient (Wildman–Crippen LogP) is 2.93. The van der Waals surface area contributed by atoms with Crippen LogP contribution in [0.1, 0.15) is 20.8 Å². The lowest BCUT2D eigenvalue weighted by Gasteiger charge is -2.08. The van der Waals surface area contributed by atoms with E-state index in [9.17, 15) is 9.90 Å². The molecule has 1 aromatic carbocycles. The van der Waals surface area contributed by atoms with Crippen LogP contribution in [0, 0.1) is 0 Å². The van der Waals surface area contributed by atoms with Crippen LogP contribution in [0.25, 0.3) is 0 Å². The molecule has 94 valence electrons. The highest BCUT2D eigenvalue weighted by Crippen LogP contribution is 2.22. The van der Waals surface area contributed by atoms with Crippen molar-refractivity contribution in [1.82, 2.24) is 5.32 Å². The Morgan fingerprint density at radius 1 is 1.22 bits per heavy atom. The van der Waals surface area contributed by atoms with E-state index in [4.69, 9.17) is 0 Å². The topological polar surface area (TPSA) is 49.3 Å². The third kappa shape index (κ3) is 3.19. The van der Waals surface area contributed by atoms with Crippen LogP contribution in [-0.4, -0.2) is 11.0 Å². The summed E-state index contributed by atoms with van der Waals surface area (Å²) in [6.07, 6.45) is 0. The Hall–Kier alpha value is -1.17. The van der Waals surface area contributed by atoms with Gasteiger partial charge < -0.3 is 10.4 Å². The number of hydrogen-bond donors (Lipinski definition) is 2. The molecule has 1 heterocycles. The average Bonchev–Trinajstić information content (AvgIpc) is 2.83. The number of carbonyl (C=O) groups is 1. The van der Waals surface area contributed by atoms with Crippen molar-refractivity contribution >= 4 is 33.2 Å². The van der Waals surface area contributed by atoms with Crippen LogP contribution >= 0.6 is 27.3 Å². The van der Waals surface area contributed by atoms with Crippen molar-refractivity contribution in [1.29, 1.82) is 0 Å². The summed E-state index contributed by atoms with van der Waals surface area (Å²) in [7, 11) is 0. The zero-order valence-corrected chi connectivity index (χ0v) is 11.9. The van der Waals surface area contributed by atoms with Gasteiger partial charge in [-0.25, -0.2) is 0 Å². The van der Waals surface area contributed by atoms with Crippen LogP contribution in [0.15, 0.2) is 40.2 Å². The molecule has 0 radical (unpaired) electrons. The molecule has 0 atom stereocenters. The van der Waals surface area contributed by atoms with Gasteiger partial charge >= 0.3 is 0 Å². The fourth-order valence-corrected chi connectivity index (χ4v) is 2.89. The number of aliphatic hydroxyl groups excluding tert-OH is 1. The molecule has 0 aliphatic heterocycles. The molecule has 0 spiro atoms. The third-order valence-corrected chi connectivity index (χ3v) is 4.15. The number of amides is 1. The second-order valence-electron chi connectivity index (χ2n) is 3.71. The monoisotopic (exact) mass is 325 g/mol. The Morgan fingerprint density at radius 2 is 1.94 bits per heavy atom. The van der Waals surface area contributed by atoms with Crippen LogP contribution < -0.4 is 5.32 Å². The molecule has 18 heavy (non-hydrogen) atoms. The van der Waals surface area contributed by atoms with Crippen molar-refractivity contribution in [3.8, 4) is 0 Å². The van der Waals surface area contributed by atoms with E-state index < -0.39 is 0 Å². The van der Waals surface area contributed by atoms with E-state index in [1.54, 1.807) is 6.07 Å². The Labute approximate surface area is 118 Å². The molecule has 0 aliphatic carbocycles. The minimum absolute atomic E-state index is 0.0173. The van der Waals surface area contributed by atoms with E-state index in [0.29, 0.717) is 11.4 Å². The Bertz CT molecular complexity index is 553. The van der Waals surface area contributed by atoms with Gasteiger partial charge in [-0.05, 0) is 39.2 Å². The first kappa shape index (κ1) is 13.3. The maximum Gasteiger partial charge on any atom is 0.261 e. The van der Waals surface area contributed by atoms with Crippen LogP contribution in [-0.2, 0) is 13.2 Å². The van der Waals surface area contributed by atoms with Crippen LogP contribution in [0.5, 0.6) is 0 Å². The summed E-state index contributed by atoms with van der Waals surface area (Å²) in [5.41, 5.74) is 1.77. The first-order valence-corrected chi connectivity index (χ1v) is 7.03. The van der Waals surface area contributed by atoms with Gasteiger partial charge in [0.1, 0.15) is 0 Å². The van der Waals surface area contributed by atoms with Gasteiger partial charge in [-0.3, -0.25) is 4.79 Å². The maximum absolute atomic E-state index is 11.8. The number of halogens is 1. The normalized spacial score (nSPS) is 10.3. The van der Waals surface area contributed by atoms with Gasteiger partial charge in [-0.15, -0.1) is 11.3 Å². The molecule has 3 nitrogen and oxygen atoms in total. The highest BCUT2D eigenvalue weighted by Gasteiger charge is 2.08. The van der Waals surface area contributed by atoms with Gasteiger partial charge in [0, 0.05) is 6.54 Å². The molecule has 1 amide bonds. The van der Waals surface area contributed by atoms with Gasteiger partial charge in [0.05, 0.1) is 15.3 Å². The number of thiophene rings is 1. The van der Waals surface area contributed by atoms with Crippen LogP contribution in [0.3, 0.4) is 0 Å². The second-order valence-corrected chi connectivity index (χ2v) is 6.18. The summed E-state index contributed by atoms with van der Waals surface area (Å²) < 4.78 is 0.934. The molecule has 2 rings (SSSR count). The molecule has 2 aromatic rings. The predicted molar refractivity (Wildman–Crippen MR) is 75.6 cm³/mol. The van der Waals surface area contributed by atoms with Crippen molar-refractivity contribution < 1.29 is 9.90 Å². The lowest BCUT2D eigenvalue weighted by atomic mass is 10.1. The molecule has 5 heteroatoms. The summed E-state index contributed by atoms with van der Waals surface area (Å²) in [4.78, 5) is 12.5. The first-order chi connectivity index (χ1) is 8.70. The minimum Gasteiger partial charge on any atom is -0.392 e. The van der Waals surface area contributed by atoms with Crippen molar-refractivity contribution in [3.05, 3.63) is 56.2 Å². The highest BCUT2D eigenvalue weighted by molar-refractivity contribution is 9.11. The number of aliphatic hydroxyl groups is 1. The van der Waals surface area contributed by atoms with E-state index in [-0.39, 0.29) is 12.5 Å². The smallest absolute Gasteiger partial charge is 0.261 e. The first-order valence-electron chi connectivity index (χ1n) is 5.42. The molecule has 0 unspecified atom stereocenters.